The number of phenolic OH excluding ortho intramolecular Hbond substituents is 2. The molecule has 0 bridgehead atoms. The van der Waals surface area contributed by atoms with E-state index in [-0.39, 0.29) is 46.0 Å². The van der Waals surface area contributed by atoms with Crippen LogP contribution in [0.15, 0.2) is 24.3 Å². The number of aromatic hydroxyl groups is 2. The van der Waals surface area contributed by atoms with E-state index in [1.165, 1.54) is 18.2 Å². The summed E-state index contributed by atoms with van der Waals surface area (Å²) in [5.41, 5.74) is 0.894. The third-order valence-electron chi connectivity index (χ3n) is 4.24. The number of ketones is 3. The molecule has 0 spiro atoms. The minimum atomic E-state index is -0.911. The van der Waals surface area contributed by atoms with E-state index < -0.39 is 11.6 Å². The van der Waals surface area contributed by atoms with E-state index in [1.807, 2.05) is 6.92 Å². The molecule has 24 heavy (non-hydrogen) atoms. The molecule has 0 fully saturated rings. The Morgan fingerprint density at radius 3 is 2.38 bits per heavy atom. The fourth-order valence-corrected chi connectivity index (χ4v) is 3.10. The third-order valence-corrected chi connectivity index (χ3v) is 4.24. The van der Waals surface area contributed by atoms with Crippen LogP contribution in [0.25, 0.3) is 11.1 Å². The number of aryl methyl sites for hydroxylation is 1. The maximum atomic E-state index is 12.5. The molecule has 122 valence electrons. The molecule has 5 nitrogen and oxygen atoms in total. The van der Waals surface area contributed by atoms with Crippen LogP contribution in [0.5, 0.6) is 11.5 Å². The number of hydrogen-bond donors (Lipinski definition) is 2. The second-order valence-corrected chi connectivity index (χ2v) is 5.87. The van der Waals surface area contributed by atoms with E-state index in [2.05, 4.69) is 0 Å². The Balaban J connectivity index is 2.46. The summed E-state index contributed by atoms with van der Waals surface area (Å²) in [5, 5.41) is 20.3. The number of fused-ring (bicyclic) bond motifs is 3. The maximum Gasteiger partial charge on any atom is 0.238 e. The molecule has 0 aliphatic heterocycles. The lowest BCUT2D eigenvalue weighted by atomic mass is 9.78. The van der Waals surface area contributed by atoms with Crippen LogP contribution in [-0.2, 0) is 0 Å². The van der Waals surface area contributed by atoms with E-state index in [0.717, 1.165) is 0 Å². The fraction of sp³-hybridized carbons (Fsp3) is 0.211. The van der Waals surface area contributed by atoms with Gasteiger partial charge >= 0.3 is 0 Å². The van der Waals surface area contributed by atoms with Crippen LogP contribution in [0.4, 0.5) is 0 Å². The minimum absolute atomic E-state index is 0.121. The molecule has 0 atom stereocenters. The van der Waals surface area contributed by atoms with Gasteiger partial charge < -0.3 is 10.2 Å². The van der Waals surface area contributed by atoms with Crippen molar-refractivity contribution in [2.24, 2.45) is 0 Å². The van der Waals surface area contributed by atoms with Gasteiger partial charge in [0.15, 0.2) is 5.78 Å². The normalized spacial score (nSPS) is 12.8. The number of phenols is 2. The molecule has 0 amide bonds. The molecule has 0 radical (unpaired) electrons. The van der Waals surface area contributed by atoms with Crippen LogP contribution in [-0.4, -0.2) is 27.6 Å². The van der Waals surface area contributed by atoms with Gasteiger partial charge in [-0.3, -0.25) is 14.4 Å². The number of hydrogen-bond acceptors (Lipinski definition) is 5. The second kappa shape index (κ2) is 5.60. The lowest BCUT2D eigenvalue weighted by molar-refractivity contribution is 0.0811. The zero-order valence-corrected chi connectivity index (χ0v) is 13.3. The van der Waals surface area contributed by atoms with Gasteiger partial charge in [0.25, 0.3) is 0 Å². The van der Waals surface area contributed by atoms with Gasteiger partial charge in [0, 0.05) is 17.5 Å². The van der Waals surface area contributed by atoms with Gasteiger partial charge in [-0.15, -0.1) is 0 Å². The summed E-state index contributed by atoms with van der Waals surface area (Å²) in [7, 11) is 0. The SMILES string of the molecule is CCCC(=O)c1cc(C)c(O)c2c1-c1cccc(O)c1C(=O)C2=O. The Morgan fingerprint density at radius 2 is 1.71 bits per heavy atom. The Hall–Kier alpha value is -2.95. The van der Waals surface area contributed by atoms with Crippen LogP contribution in [0.1, 0.15) is 56.4 Å². The van der Waals surface area contributed by atoms with Gasteiger partial charge in [0.2, 0.25) is 11.6 Å². The molecular formula is C19H16O5. The van der Waals surface area contributed by atoms with Crippen LogP contribution in [0.3, 0.4) is 0 Å². The lowest BCUT2D eigenvalue weighted by Crippen LogP contribution is -2.23. The number of benzene rings is 2. The van der Waals surface area contributed by atoms with Crippen LogP contribution >= 0.6 is 0 Å². The molecule has 0 saturated heterocycles. The smallest absolute Gasteiger partial charge is 0.238 e. The first-order valence-electron chi connectivity index (χ1n) is 7.69. The highest BCUT2D eigenvalue weighted by molar-refractivity contribution is 6.54. The molecule has 2 N–H and O–H groups in total. The Labute approximate surface area is 138 Å². The first-order valence-corrected chi connectivity index (χ1v) is 7.69. The summed E-state index contributed by atoms with van der Waals surface area (Å²) in [6, 6.07) is 5.95. The predicted molar refractivity (Wildman–Crippen MR) is 87.8 cm³/mol. The fourth-order valence-electron chi connectivity index (χ4n) is 3.10. The standard InChI is InChI=1S/C19H16O5/c1-3-5-12(20)11-8-9(2)17(22)16-14(11)10-6-4-7-13(21)15(10)18(23)19(16)24/h4,6-8,21-22H,3,5H2,1-2H3. The summed E-state index contributed by atoms with van der Waals surface area (Å²) < 4.78 is 0. The van der Waals surface area contributed by atoms with Gasteiger partial charge in [-0.1, -0.05) is 19.1 Å². The van der Waals surface area contributed by atoms with Gasteiger partial charge in [-0.25, -0.2) is 0 Å². The molecule has 0 unspecified atom stereocenters. The van der Waals surface area contributed by atoms with Crippen molar-refractivity contribution in [3.05, 3.63) is 46.5 Å². The number of Topliss-reactive ketones (excluding diaryl/α,β-unsaturated/α-hetero) is 3. The quantitative estimate of drug-likeness (QED) is 0.666. The van der Waals surface area contributed by atoms with E-state index >= 15 is 0 Å². The maximum absolute atomic E-state index is 12.5. The first kappa shape index (κ1) is 15.9. The van der Waals surface area contributed by atoms with Crippen LogP contribution < -0.4 is 0 Å². The monoisotopic (exact) mass is 324 g/mol. The van der Waals surface area contributed by atoms with Crippen molar-refractivity contribution in [3.8, 4) is 22.6 Å². The highest BCUT2D eigenvalue weighted by Crippen LogP contribution is 2.44. The average molecular weight is 324 g/mol. The van der Waals surface area contributed by atoms with Crippen molar-refractivity contribution in [2.75, 3.05) is 0 Å². The van der Waals surface area contributed by atoms with Crippen molar-refractivity contribution in [1.82, 2.24) is 0 Å². The Morgan fingerprint density at radius 1 is 1.04 bits per heavy atom. The molecule has 1 aliphatic carbocycles. The topological polar surface area (TPSA) is 91.7 Å². The minimum Gasteiger partial charge on any atom is -0.507 e. The summed E-state index contributed by atoms with van der Waals surface area (Å²) in [5.74, 6) is -2.58. The molecule has 3 rings (SSSR count). The summed E-state index contributed by atoms with van der Waals surface area (Å²) in [4.78, 5) is 37.4. The van der Waals surface area contributed by atoms with E-state index in [9.17, 15) is 24.6 Å². The summed E-state index contributed by atoms with van der Waals surface area (Å²) in [6.45, 7) is 3.44. The molecule has 0 heterocycles. The van der Waals surface area contributed by atoms with E-state index in [0.29, 0.717) is 17.5 Å². The Kier molecular flexibility index (Phi) is 3.72. The van der Waals surface area contributed by atoms with Gasteiger partial charge in [0.1, 0.15) is 11.5 Å². The van der Waals surface area contributed by atoms with Crippen LogP contribution in [0.2, 0.25) is 0 Å². The molecule has 1 aliphatic rings. The van der Waals surface area contributed by atoms with Crippen molar-refractivity contribution in [1.29, 1.82) is 0 Å². The number of carbonyl (C=O) groups is 3. The zero-order valence-electron chi connectivity index (χ0n) is 13.3. The van der Waals surface area contributed by atoms with Gasteiger partial charge in [0.05, 0.1) is 11.1 Å². The van der Waals surface area contributed by atoms with E-state index in [4.69, 9.17) is 0 Å². The van der Waals surface area contributed by atoms with Gasteiger partial charge in [-0.2, -0.15) is 0 Å². The lowest BCUT2D eigenvalue weighted by Gasteiger charge is -2.23. The molecule has 0 saturated carbocycles. The van der Waals surface area contributed by atoms with Crippen molar-refractivity contribution < 1.29 is 24.6 Å². The molecule has 5 heteroatoms. The van der Waals surface area contributed by atoms with Crippen molar-refractivity contribution >= 4 is 17.3 Å². The Bertz CT molecular complexity index is 908. The number of rotatable bonds is 3. The van der Waals surface area contributed by atoms with Gasteiger partial charge in [-0.05, 0) is 36.6 Å². The summed E-state index contributed by atoms with van der Waals surface area (Å²) in [6.07, 6.45) is 0.917. The van der Waals surface area contributed by atoms with Crippen molar-refractivity contribution in [2.45, 2.75) is 26.7 Å². The average Bonchev–Trinajstić information content (AvgIpc) is 2.54. The highest BCUT2D eigenvalue weighted by atomic mass is 16.3. The number of carbonyl (C=O) groups excluding carboxylic acids is 3. The van der Waals surface area contributed by atoms with Crippen molar-refractivity contribution in [3.63, 3.8) is 0 Å². The highest BCUT2D eigenvalue weighted by Gasteiger charge is 2.37. The van der Waals surface area contributed by atoms with E-state index in [1.54, 1.807) is 13.0 Å². The third kappa shape index (κ3) is 2.12. The largest absolute Gasteiger partial charge is 0.507 e. The zero-order chi connectivity index (χ0) is 17.6. The van der Waals surface area contributed by atoms with Crippen LogP contribution in [0, 0.1) is 6.92 Å². The predicted octanol–water partition coefficient (Wildman–Crippen LogP) is 3.44. The molecular weight excluding hydrogens is 308 g/mol. The molecule has 0 aromatic heterocycles. The molecule has 2 aromatic carbocycles. The molecule has 2 aromatic rings. The first-order chi connectivity index (χ1) is 11.4. The summed E-state index contributed by atoms with van der Waals surface area (Å²) >= 11 is 0. The second-order valence-electron chi connectivity index (χ2n) is 5.87.